The lowest BCUT2D eigenvalue weighted by Crippen LogP contribution is -2.39. The summed E-state index contributed by atoms with van der Waals surface area (Å²) in [4.78, 5) is 2.28. The first kappa shape index (κ1) is 49.4. The van der Waals surface area contributed by atoms with Crippen molar-refractivity contribution < 1.29 is 33.3 Å². The van der Waals surface area contributed by atoms with Gasteiger partial charge in [0.25, 0.3) is 10.0 Å². The average Bonchev–Trinajstić information content (AvgIpc) is 3.27. The van der Waals surface area contributed by atoms with Gasteiger partial charge in [0.2, 0.25) is 32.4 Å². The van der Waals surface area contributed by atoms with E-state index >= 15 is 0 Å². The maximum absolute atomic E-state index is 9.89. The Hall–Kier alpha value is -5.27. The molecule has 0 aliphatic rings. The molecule has 0 aliphatic carbocycles. The fourth-order valence-electron chi connectivity index (χ4n) is 5.92. The third-order valence-electron chi connectivity index (χ3n) is 9.34. The first-order chi connectivity index (χ1) is 30.1. The van der Waals surface area contributed by atoms with Crippen molar-refractivity contribution in [1.29, 1.82) is 0 Å². The third-order valence-corrected chi connectivity index (χ3v) is 11.2. The summed E-state index contributed by atoms with van der Waals surface area (Å²) in [5, 5.41) is 18.2. The predicted octanol–water partition coefficient (Wildman–Crippen LogP) is 12.3. The van der Waals surface area contributed by atoms with Crippen LogP contribution < -0.4 is 40.5 Å². The van der Waals surface area contributed by atoms with E-state index in [2.05, 4.69) is 88.4 Å². The minimum absolute atomic E-state index is 0.762. The number of hydrogen-bond acceptors (Lipinski definition) is 8. The van der Waals surface area contributed by atoms with Gasteiger partial charge in [-0.3, -0.25) is 0 Å². The van der Waals surface area contributed by atoms with Crippen molar-refractivity contribution in [2.75, 3.05) is 37.9 Å². The molecule has 2 aromatic heterocycles. The van der Waals surface area contributed by atoms with Gasteiger partial charge >= 0.3 is 0 Å². The van der Waals surface area contributed by atoms with Crippen LogP contribution in [0.25, 0.3) is 43.1 Å². The number of hydrogen-bond donors (Lipinski definition) is 2. The minimum Gasteiger partial charge on any atom is -0.867 e. The van der Waals surface area contributed by atoms with Crippen molar-refractivity contribution in [2.24, 2.45) is 0 Å². The van der Waals surface area contributed by atoms with Gasteiger partial charge in [0.1, 0.15) is 30.4 Å². The fourth-order valence-corrected chi connectivity index (χ4v) is 7.68. The van der Waals surface area contributed by atoms with E-state index in [0.717, 1.165) is 154 Å². The highest BCUT2D eigenvalue weighted by molar-refractivity contribution is 7.19. The highest BCUT2D eigenvalue weighted by Crippen LogP contribution is 2.36. The standard InChI is InChI=1S/2C25H30NO2S.BFO2/c2*1-3-5-15-27-22-11-7-19(8-12-22)21-17-24(29-25(26)18-21)20-9-13-23(14-10-20)28-16-6-4-2;2-1(3)4/h2*7-14,17-18H,3-6,15-16,26H2,1-2H3;/q2*+1;-2. The number of nitrogen functional groups attached to an aromatic ring is 2. The topological polar surface area (TPSA) is 135 Å². The van der Waals surface area contributed by atoms with Gasteiger partial charge < -0.3 is 44.8 Å². The molecule has 2 heterocycles. The Morgan fingerprint density at radius 3 is 0.903 bits per heavy atom. The molecule has 8 nitrogen and oxygen atoms in total. The van der Waals surface area contributed by atoms with Crippen molar-refractivity contribution in [2.45, 2.75) is 79.1 Å². The zero-order valence-corrected chi connectivity index (χ0v) is 38.0. The van der Waals surface area contributed by atoms with Gasteiger partial charge in [-0.1, -0.05) is 77.6 Å². The minimum atomic E-state index is -3.17. The summed E-state index contributed by atoms with van der Waals surface area (Å²) < 4.78 is 33.0. The summed E-state index contributed by atoms with van der Waals surface area (Å²) in [5.74, 6) is 3.64. The molecule has 4 N–H and O–H groups in total. The lowest BCUT2D eigenvalue weighted by atomic mass is 10.1. The molecule has 0 unspecified atom stereocenters. The molecule has 62 heavy (non-hydrogen) atoms. The van der Waals surface area contributed by atoms with Crippen LogP contribution in [-0.4, -0.2) is 33.8 Å². The SMILES string of the molecule is CCCCOc1ccc(-c2cc(N)[s+]c(-c3ccc(OCCCC)cc3)c2)cc1.CCCCOc1ccc(-c2cc(N)[s+]c(-c3ccc(OCCCC)cc3)c2)cc1.[O-]B([O-])F. The summed E-state index contributed by atoms with van der Waals surface area (Å²) in [5.41, 5.74) is 19.2. The van der Waals surface area contributed by atoms with Crippen LogP contribution in [0.15, 0.2) is 121 Å². The molecule has 4 aromatic carbocycles. The van der Waals surface area contributed by atoms with E-state index in [4.69, 9.17) is 40.5 Å². The molecular formula is C50H60BFN2O6S2. The lowest BCUT2D eigenvalue weighted by molar-refractivity contribution is -0.366. The molecule has 328 valence electrons. The van der Waals surface area contributed by atoms with E-state index in [1.807, 2.05) is 60.7 Å². The van der Waals surface area contributed by atoms with Crippen molar-refractivity contribution in [1.82, 2.24) is 0 Å². The highest BCUT2D eigenvalue weighted by Gasteiger charge is 2.18. The van der Waals surface area contributed by atoms with Crippen LogP contribution >= 0.6 is 22.7 Å². The zero-order chi connectivity index (χ0) is 44.5. The molecule has 0 spiro atoms. The van der Waals surface area contributed by atoms with Gasteiger partial charge in [0, 0.05) is 35.4 Å². The van der Waals surface area contributed by atoms with Crippen molar-refractivity contribution in [3.63, 3.8) is 0 Å². The molecule has 0 radical (unpaired) electrons. The lowest BCUT2D eigenvalue weighted by Gasteiger charge is -2.09. The monoisotopic (exact) mass is 878 g/mol. The van der Waals surface area contributed by atoms with Crippen LogP contribution in [0.4, 0.5) is 14.3 Å². The molecule has 0 atom stereocenters. The number of halogens is 1. The Kier molecular flexibility index (Phi) is 22.0. The van der Waals surface area contributed by atoms with E-state index in [-0.39, 0.29) is 0 Å². The summed E-state index contributed by atoms with van der Waals surface area (Å²) in [6, 6.07) is 41.4. The van der Waals surface area contributed by atoms with E-state index in [0.29, 0.717) is 0 Å². The van der Waals surface area contributed by atoms with Gasteiger partial charge in [0.15, 0.2) is 0 Å². The van der Waals surface area contributed by atoms with Crippen molar-refractivity contribution >= 4 is 40.1 Å². The number of anilines is 2. The quantitative estimate of drug-likeness (QED) is 0.0440. The zero-order valence-electron chi connectivity index (χ0n) is 36.4. The molecular weight excluding hydrogens is 819 g/mol. The number of nitrogens with two attached hydrogens (primary N) is 2. The number of benzene rings is 4. The normalized spacial score (nSPS) is 10.4. The van der Waals surface area contributed by atoms with Gasteiger partial charge in [-0.15, -0.1) is 0 Å². The maximum atomic E-state index is 9.89. The molecule has 6 rings (SSSR count). The smallest absolute Gasteiger partial charge is 0.296 e. The van der Waals surface area contributed by atoms with E-state index in [1.54, 1.807) is 22.7 Å². The summed E-state index contributed by atoms with van der Waals surface area (Å²) in [6.07, 6.45) is 8.84. The Labute approximate surface area is 376 Å². The van der Waals surface area contributed by atoms with Crippen LogP contribution in [-0.2, 0) is 0 Å². The van der Waals surface area contributed by atoms with Crippen LogP contribution in [0.1, 0.15) is 79.1 Å². The number of rotatable bonds is 20. The van der Waals surface area contributed by atoms with E-state index in [9.17, 15) is 4.32 Å². The largest absolute Gasteiger partial charge is 0.867 e. The molecule has 0 amide bonds. The Bertz CT molecular complexity index is 1860. The number of ether oxygens (including phenoxy) is 4. The Balaban J connectivity index is 0.000000251. The fraction of sp³-hybridized carbons (Fsp3) is 0.320. The highest BCUT2D eigenvalue weighted by atomic mass is 32.1. The molecule has 0 saturated carbocycles. The van der Waals surface area contributed by atoms with Gasteiger partial charge in [-0.05, 0) is 121 Å². The van der Waals surface area contributed by atoms with Crippen LogP contribution in [0, 0.1) is 0 Å². The number of unbranched alkanes of at least 4 members (excludes halogenated alkanes) is 4. The Morgan fingerprint density at radius 1 is 0.419 bits per heavy atom. The summed E-state index contributed by atoms with van der Waals surface area (Å²) >= 11 is 3.19. The first-order valence-corrected chi connectivity index (χ1v) is 23.1. The van der Waals surface area contributed by atoms with E-state index < -0.39 is 7.40 Å². The average molecular weight is 879 g/mol. The molecule has 6 aromatic rings. The third kappa shape index (κ3) is 17.6. The van der Waals surface area contributed by atoms with Crippen LogP contribution in [0.2, 0.25) is 0 Å². The maximum Gasteiger partial charge on any atom is 0.296 e. The van der Waals surface area contributed by atoms with Gasteiger partial charge in [-0.25, -0.2) is 0 Å². The molecule has 0 saturated heterocycles. The Morgan fingerprint density at radius 2 is 0.661 bits per heavy atom. The molecule has 0 bridgehead atoms. The summed E-state index contributed by atoms with van der Waals surface area (Å²) in [6.45, 7) is 11.7. The second kappa shape index (κ2) is 27.6. The van der Waals surface area contributed by atoms with Gasteiger partial charge in [0.05, 0.1) is 26.4 Å². The van der Waals surface area contributed by atoms with Crippen molar-refractivity contribution in [3.05, 3.63) is 121 Å². The second-order valence-electron chi connectivity index (χ2n) is 14.4. The molecule has 0 aliphatic heterocycles. The second-order valence-corrected chi connectivity index (χ2v) is 16.6. The van der Waals surface area contributed by atoms with Crippen molar-refractivity contribution in [3.8, 4) is 66.1 Å². The first-order valence-electron chi connectivity index (χ1n) is 21.5. The van der Waals surface area contributed by atoms with Crippen LogP contribution in [0.3, 0.4) is 0 Å². The van der Waals surface area contributed by atoms with Gasteiger partial charge in [-0.2, -0.15) is 0 Å². The van der Waals surface area contributed by atoms with Crippen LogP contribution in [0.5, 0.6) is 23.0 Å². The summed E-state index contributed by atoms with van der Waals surface area (Å²) in [7, 11) is -3.17. The predicted molar refractivity (Wildman–Crippen MR) is 256 cm³/mol. The molecule has 0 fully saturated rings. The molecule has 12 heteroatoms. The van der Waals surface area contributed by atoms with E-state index in [1.165, 1.54) is 0 Å².